The molecule has 7 aromatic carbocycles. The zero-order valence-corrected chi connectivity index (χ0v) is 30.3. The van der Waals surface area contributed by atoms with Gasteiger partial charge in [-0.05, 0) is 102 Å². The Morgan fingerprint density at radius 1 is 0.519 bits per heavy atom. The van der Waals surface area contributed by atoms with Gasteiger partial charge in [-0.1, -0.05) is 117 Å². The van der Waals surface area contributed by atoms with Gasteiger partial charge in [0, 0.05) is 39.6 Å². The zero-order chi connectivity index (χ0) is 36.6. The molecule has 9 aromatic rings. The van der Waals surface area contributed by atoms with Crippen molar-refractivity contribution in [2.45, 2.75) is 19.8 Å². The predicted octanol–water partition coefficient (Wildman–Crippen LogP) is 12.6. The number of hydrogen-bond acceptors (Lipinski definition) is 3. The summed E-state index contributed by atoms with van der Waals surface area (Å²) in [5.74, 6) is 1.99. The molecule has 0 unspecified atom stereocenters. The van der Waals surface area contributed by atoms with Crippen LogP contribution in [0, 0.1) is 0 Å². The number of nitrogens with zero attached hydrogens (tertiary/aromatic N) is 5. The molecule has 0 aliphatic heterocycles. The highest BCUT2D eigenvalue weighted by molar-refractivity contribution is 5.92. The molecular weight excluding hydrogens is 659 g/mol. The predicted molar refractivity (Wildman–Crippen MR) is 225 cm³/mol. The number of fused-ring (bicyclic) bond motifs is 2. The smallest absolute Gasteiger partial charge is 0.145 e. The van der Waals surface area contributed by atoms with Crippen LogP contribution in [0.5, 0.6) is 0 Å². The summed E-state index contributed by atoms with van der Waals surface area (Å²) in [6.45, 7) is 9.35. The summed E-state index contributed by atoms with van der Waals surface area (Å²) in [4.78, 5) is 12.9. The van der Waals surface area contributed by atoms with Gasteiger partial charge in [-0.15, -0.1) is 0 Å². The Labute approximate surface area is 315 Å². The van der Waals surface area contributed by atoms with Crippen LogP contribution in [-0.2, 0) is 0 Å². The van der Waals surface area contributed by atoms with E-state index >= 15 is 0 Å². The first-order valence-corrected chi connectivity index (χ1v) is 18.4. The maximum absolute atomic E-state index is 5.31. The van der Waals surface area contributed by atoms with Gasteiger partial charge in [-0.2, -0.15) is 0 Å². The second-order valence-corrected chi connectivity index (χ2v) is 13.8. The largest absolute Gasteiger partial charge is 0.310 e. The van der Waals surface area contributed by atoms with E-state index in [2.05, 4.69) is 186 Å². The first-order valence-electron chi connectivity index (χ1n) is 18.4. The maximum atomic E-state index is 5.31. The topological polar surface area (TPSA) is 38.9 Å². The van der Waals surface area contributed by atoms with E-state index < -0.39 is 0 Å². The molecular formula is C49H39N5. The van der Waals surface area contributed by atoms with Crippen molar-refractivity contribution in [3.63, 3.8) is 0 Å². The molecule has 2 aromatic heterocycles. The van der Waals surface area contributed by atoms with E-state index in [1.807, 2.05) is 24.3 Å². The van der Waals surface area contributed by atoms with Crippen molar-refractivity contribution in [3.05, 3.63) is 200 Å². The Balaban J connectivity index is 1.34. The van der Waals surface area contributed by atoms with Gasteiger partial charge in [-0.3, -0.25) is 9.13 Å². The SMILES string of the molecule is C=C(c1cc(-c2nc3ccccc3n2-c2ccccc2)cc(-c2nc3ccccc3n2-c2ccccc2)c1)N(c1ccccc1)c1ccccc1C(C)C. The molecule has 0 radical (unpaired) electrons. The number of hydrogen-bond donors (Lipinski definition) is 0. The van der Waals surface area contributed by atoms with Gasteiger partial charge in [0.05, 0.1) is 22.1 Å². The molecule has 0 aliphatic carbocycles. The number of imidazole rings is 2. The quantitative estimate of drug-likeness (QED) is 0.151. The molecule has 0 aliphatic rings. The van der Waals surface area contributed by atoms with Gasteiger partial charge in [0.15, 0.2) is 0 Å². The Hall–Kier alpha value is -6.98. The van der Waals surface area contributed by atoms with E-state index in [0.717, 1.165) is 78.9 Å². The van der Waals surface area contributed by atoms with E-state index in [0.29, 0.717) is 5.92 Å². The van der Waals surface area contributed by atoms with Crippen LogP contribution >= 0.6 is 0 Å². The lowest BCUT2D eigenvalue weighted by Gasteiger charge is -2.30. The zero-order valence-electron chi connectivity index (χ0n) is 30.3. The van der Waals surface area contributed by atoms with E-state index in [1.165, 1.54) is 5.56 Å². The molecule has 54 heavy (non-hydrogen) atoms. The number of aromatic nitrogens is 4. The van der Waals surface area contributed by atoms with Crippen molar-refractivity contribution < 1.29 is 0 Å². The highest BCUT2D eigenvalue weighted by Crippen LogP contribution is 2.41. The van der Waals surface area contributed by atoms with Crippen molar-refractivity contribution >= 4 is 39.1 Å². The number of anilines is 2. The first-order chi connectivity index (χ1) is 26.5. The van der Waals surface area contributed by atoms with Gasteiger partial charge >= 0.3 is 0 Å². The molecule has 0 amide bonds. The summed E-state index contributed by atoms with van der Waals surface area (Å²) >= 11 is 0. The van der Waals surface area contributed by atoms with Crippen LogP contribution in [0.2, 0.25) is 0 Å². The van der Waals surface area contributed by atoms with Crippen LogP contribution < -0.4 is 4.90 Å². The third-order valence-corrected chi connectivity index (χ3v) is 10.0. The van der Waals surface area contributed by atoms with Gasteiger partial charge in [0.25, 0.3) is 0 Å². The fourth-order valence-electron chi connectivity index (χ4n) is 7.49. The number of benzene rings is 7. The van der Waals surface area contributed by atoms with Crippen LogP contribution in [0.15, 0.2) is 189 Å². The maximum Gasteiger partial charge on any atom is 0.145 e. The van der Waals surface area contributed by atoms with Crippen LogP contribution in [-0.4, -0.2) is 19.1 Å². The Morgan fingerprint density at radius 2 is 0.963 bits per heavy atom. The molecule has 0 bridgehead atoms. The molecule has 0 saturated heterocycles. The summed E-state index contributed by atoms with van der Waals surface area (Å²) in [6, 6.07) is 63.5. The van der Waals surface area contributed by atoms with Gasteiger partial charge < -0.3 is 4.90 Å². The molecule has 2 heterocycles. The molecule has 9 rings (SSSR count). The van der Waals surface area contributed by atoms with Crippen molar-refractivity contribution in [1.29, 1.82) is 0 Å². The summed E-state index contributed by atoms with van der Waals surface area (Å²) in [5, 5.41) is 0. The molecule has 260 valence electrons. The van der Waals surface area contributed by atoms with E-state index in [-0.39, 0.29) is 0 Å². The Kier molecular flexibility index (Phi) is 8.45. The fraction of sp³-hybridized carbons (Fsp3) is 0.0612. The Bertz CT molecular complexity index is 2620. The van der Waals surface area contributed by atoms with E-state index in [9.17, 15) is 0 Å². The second kappa shape index (κ2) is 13.9. The lowest BCUT2D eigenvalue weighted by Crippen LogP contribution is -2.17. The van der Waals surface area contributed by atoms with Crippen LogP contribution in [0.25, 0.3) is 61.9 Å². The minimum Gasteiger partial charge on any atom is -0.310 e. The minimum atomic E-state index is 0.304. The van der Waals surface area contributed by atoms with Gasteiger partial charge in [0.1, 0.15) is 11.6 Å². The first kappa shape index (κ1) is 32.9. The lowest BCUT2D eigenvalue weighted by atomic mass is 9.97. The van der Waals surface area contributed by atoms with Gasteiger partial charge in [-0.25, -0.2) is 9.97 Å². The van der Waals surface area contributed by atoms with Crippen LogP contribution in [0.3, 0.4) is 0 Å². The standard InChI is InChI=1S/C49H39N5/c1-34(2)42-25-13-16-28-45(42)52(39-19-7-4-8-20-39)35(3)36-31-37(48-50-43-26-14-17-29-46(43)53(48)40-21-9-5-10-22-40)33-38(32-36)49-51-44-27-15-18-30-47(44)54(49)41-23-11-6-12-24-41/h4-34H,3H2,1-2H3. The average Bonchev–Trinajstić information content (AvgIpc) is 3.82. The average molecular weight is 698 g/mol. The van der Waals surface area contributed by atoms with Crippen molar-refractivity contribution in [2.75, 3.05) is 4.90 Å². The summed E-state index contributed by atoms with van der Waals surface area (Å²) in [7, 11) is 0. The lowest BCUT2D eigenvalue weighted by molar-refractivity contribution is 0.865. The van der Waals surface area contributed by atoms with E-state index in [4.69, 9.17) is 16.5 Å². The third kappa shape index (κ3) is 5.86. The van der Waals surface area contributed by atoms with E-state index in [1.54, 1.807) is 0 Å². The molecule has 0 N–H and O–H groups in total. The molecule has 0 atom stereocenters. The number of para-hydroxylation sites is 8. The second-order valence-electron chi connectivity index (χ2n) is 13.8. The summed E-state index contributed by atoms with van der Waals surface area (Å²) < 4.78 is 4.51. The summed E-state index contributed by atoms with van der Waals surface area (Å²) in [6.07, 6.45) is 0. The van der Waals surface area contributed by atoms with Crippen LogP contribution in [0.1, 0.15) is 30.9 Å². The van der Waals surface area contributed by atoms with Crippen molar-refractivity contribution in [2.24, 2.45) is 0 Å². The molecule has 5 nitrogen and oxygen atoms in total. The summed E-state index contributed by atoms with van der Waals surface area (Å²) in [5.41, 5.74) is 13.1. The van der Waals surface area contributed by atoms with Crippen molar-refractivity contribution in [3.8, 4) is 34.2 Å². The highest BCUT2D eigenvalue weighted by atomic mass is 15.2. The fourth-order valence-corrected chi connectivity index (χ4v) is 7.49. The molecule has 0 fully saturated rings. The van der Waals surface area contributed by atoms with Crippen molar-refractivity contribution in [1.82, 2.24) is 19.1 Å². The van der Waals surface area contributed by atoms with Gasteiger partial charge in [0.2, 0.25) is 0 Å². The Morgan fingerprint density at radius 3 is 1.48 bits per heavy atom. The molecule has 5 heteroatoms. The normalized spacial score (nSPS) is 11.4. The molecule has 0 spiro atoms. The monoisotopic (exact) mass is 697 g/mol. The number of rotatable bonds is 9. The van der Waals surface area contributed by atoms with Crippen LogP contribution in [0.4, 0.5) is 11.4 Å². The minimum absolute atomic E-state index is 0.304. The third-order valence-electron chi connectivity index (χ3n) is 10.0. The molecule has 0 saturated carbocycles. The highest BCUT2D eigenvalue weighted by Gasteiger charge is 2.24.